The van der Waals surface area contributed by atoms with Gasteiger partial charge in [-0.05, 0) is 38.5 Å². The van der Waals surface area contributed by atoms with Crippen LogP contribution in [0.1, 0.15) is 72.1 Å². The number of hydrogen-bond acceptors (Lipinski definition) is 7. The number of ether oxygens (including phenoxy) is 2. The van der Waals surface area contributed by atoms with E-state index in [0.29, 0.717) is 25.8 Å². The summed E-state index contributed by atoms with van der Waals surface area (Å²) in [5, 5.41) is 13.2. The maximum atomic E-state index is 14.7. The van der Waals surface area contributed by atoms with E-state index in [1.165, 1.54) is 4.90 Å². The van der Waals surface area contributed by atoms with Gasteiger partial charge in [-0.3, -0.25) is 19.2 Å². The van der Waals surface area contributed by atoms with Crippen molar-refractivity contribution in [3.8, 4) is 0 Å². The molecular weight excluding hydrogens is 618 g/mol. The van der Waals surface area contributed by atoms with Gasteiger partial charge in [0.1, 0.15) is 17.7 Å². The zero-order chi connectivity index (χ0) is 31.5. The molecule has 3 saturated heterocycles. The fraction of sp³-hybridized carbons (Fsp3) is 0.750. The van der Waals surface area contributed by atoms with Crippen molar-refractivity contribution in [1.29, 1.82) is 0 Å². The first-order valence-electron chi connectivity index (χ1n) is 15.8. The van der Waals surface area contributed by atoms with E-state index in [-0.39, 0.29) is 47.7 Å². The number of hydrogen-bond donors (Lipinski definition) is 2. The van der Waals surface area contributed by atoms with Crippen LogP contribution < -0.4 is 5.32 Å². The van der Waals surface area contributed by atoms with E-state index in [1.807, 2.05) is 18.7 Å². The Morgan fingerprint density at radius 3 is 2.51 bits per heavy atom. The minimum absolute atomic E-state index is 0.0277. The third-order valence-corrected chi connectivity index (χ3v) is 10.5. The lowest BCUT2D eigenvalue weighted by molar-refractivity contribution is -0.160. The van der Waals surface area contributed by atoms with Crippen molar-refractivity contribution in [1.82, 2.24) is 15.1 Å². The number of amides is 3. The summed E-state index contributed by atoms with van der Waals surface area (Å²) in [7, 11) is 0. The van der Waals surface area contributed by atoms with Gasteiger partial charge in [0.05, 0.1) is 37.1 Å². The molecule has 43 heavy (non-hydrogen) atoms. The van der Waals surface area contributed by atoms with Gasteiger partial charge in [0.25, 0.3) is 0 Å². The molecule has 3 amide bonds. The molecule has 1 saturated carbocycles. The standard InChI is InChI=1S/C32H48BrN3O7/c1-6-8-14-24(38)34-17-20(5)42-31(41)25-26-29(39)36(23(18-37)19(3)4)28(32(26)16-22(33)27(25)43-32)30(40)35(15-7-2)21-12-10-9-11-13-21/h6-7,19-23,25-28,37H,1-2,8-18H2,3-5H3,(H,34,38)/t20-,22?,23-,25+,26-,27+,28+,32-/m0/s1. The Morgan fingerprint density at radius 2 is 1.91 bits per heavy atom. The van der Waals surface area contributed by atoms with Crippen LogP contribution in [-0.4, -0.2) is 99.1 Å². The molecule has 3 aliphatic heterocycles. The van der Waals surface area contributed by atoms with Crippen molar-refractivity contribution in [2.45, 2.75) is 113 Å². The lowest BCUT2D eigenvalue weighted by Crippen LogP contribution is -2.61. The Labute approximate surface area is 263 Å². The molecule has 4 rings (SSSR count). The third kappa shape index (κ3) is 6.45. The molecule has 0 aromatic carbocycles. The van der Waals surface area contributed by atoms with E-state index in [2.05, 4.69) is 34.4 Å². The summed E-state index contributed by atoms with van der Waals surface area (Å²) in [5.41, 5.74) is -1.24. The monoisotopic (exact) mass is 665 g/mol. The van der Waals surface area contributed by atoms with Crippen molar-refractivity contribution in [3.63, 3.8) is 0 Å². The highest BCUT2D eigenvalue weighted by molar-refractivity contribution is 9.09. The second-order valence-corrected chi connectivity index (χ2v) is 14.0. The summed E-state index contributed by atoms with van der Waals surface area (Å²) in [6.45, 7) is 13.2. The van der Waals surface area contributed by atoms with Crippen LogP contribution in [0.15, 0.2) is 25.3 Å². The van der Waals surface area contributed by atoms with Crippen LogP contribution in [-0.2, 0) is 28.7 Å². The molecular formula is C32H48BrN3O7. The Morgan fingerprint density at radius 1 is 1.21 bits per heavy atom. The number of esters is 1. The number of likely N-dealkylation sites (tertiary alicyclic amines) is 1. The maximum Gasteiger partial charge on any atom is 0.312 e. The topological polar surface area (TPSA) is 125 Å². The Hall–Kier alpha value is -2.24. The van der Waals surface area contributed by atoms with Crippen molar-refractivity contribution >= 4 is 39.6 Å². The van der Waals surface area contributed by atoms with Gasteiger partial charge in [-0.1, -0.05) is 61.2 Å². The number of allylic oxidation sites excluding steroid dienone is 1. The van der Waals surface area contributed by atoms with Gasteiger partial charge in [-0.2, -0.15) is 0 Å². The largest absolute Gasteiger partial charge is 0.460 e. The molecule has 240 valence electrons. The number of fused-ring (bicyclic) bond motifs is 1. The highest BCUT2D eigenvalue weighted by Crippen LogP contribution is 2.61. The molecule has 11 heteroatoms. The van der Waals surface area contributed by atoms with E-state index in [9.17, 15) is 24.3 Å². The van der Waals surface area contributed by atoms with E-state index in [4.69, 9.17) is 9.47 Å². The lowest BCUT2D eigenvalue weighted by atomic mass is 9.70. The van der Waals surface area contributed by atoms with Crippen LogP contribution >= 0.6 is 15.9 Å². The Kier molecular flexibility index (Phi) is 11.1. The van der Waals surface area contributed by atoms with Gasteiger partial charge in [0, 0.05) is 23.8 Å². The average molecular weight is 667 g/mol. The lowest BCUT2D eigenvalue weighted by Gasteiger charge is -2.43. The van der Waals surface area contributed by atoms with Crippen LogP contribution in [0.4, 0.5) is 0 Å². The number of carbonyl (C=O) groups excluding carboxylic acids is 4. The molecule has 0 aromatic heterocycles. The van der Waals surface area contributed by atoms with Crippen LogP contribution in [0.2, 0.25) is 0 Å². The minimum atomic E-state index is -1.24. The van der Waals surface area contributed by atoms with E-state index < -0.39 is 47.7 Å². The van der Waals surface area contributed by atoms with Crippen molar-refractivity contribution in [3.05, 3.63) is 25.3 Å². The molecule has 4 aliphatic rings. The number of halogens is 1. The van der Waals surface area contributed by atoms with E-state index in [0.717, 1.165) is 32.1 Å². The second kappa shape index (κ2) is 14.2. The number of alkyl halides is 1. The molecule has 0 radical (unpaired) electrons. The highest BCUT2D eigenvalue weighted by atomic mass is 79.9. The maximum absolute atomic E-state index is 14.7. The summed E-state index contributed by atoms with van der Waals surface area (Å²) < 4.78 is 12.4. The second-order valence-electron chi connectivity index (χ2n) is 12.9. The Bertz CT molecular complexity index is 1080. The number of carbonyl (C=O) groups is 4. The van der Waals surface area contributed by atoms with Gasteiger partial charge < -0.3 is 29.7 Å². The van der Waals surface area contributed by atoms with E-state index in [1.54, 1.807) is 19.1 Å². The summed E-state index contributed by atoms with van der Waals surface area (Å²) in [6, 6.07) is -1.59. The quantitative estimate of drug-likeness (QED) is 0.166. The SMILES string of the molecule is C=CCCC(=O)NC[C@H](C)OC(=O)[C@H]1[C@@H]2O[C@@]3(CC2Br)[C@@H]1C(=O)N([C@@H](CO)C(C)C)[C@@H]3C(=O)N(CC=C)C1CCCCC1. The van der Waals surface area contributed by atoms with Crippen molar-refractivity contribution in [2.75, 3.05) is 19.7 Å². The molecule has 3 heterocycles. The minimum Gasteiger partial charge on any atom is -0.460 e. The number of nitrogens with one attached hydrogen (secondary N) is 1. The number of rotatable bonds is 14. The van der Waals surface area contributed by atoms with Crippen LogP contribution in [0.3, 0.4) is 0 Å². The average Bonchev–Trinajstić information content (AvgIpc) is 3.57. The first kappa shape index (κ1) is 33.6. The number of nitrogens with zero attached hydrogens (tertiary/aromatic N) is 2. The predicted octanol–water partition coefficient (Wildman–Crippen LogP) is 3.11. The first-order chi connectivity index (χ1) is 20.5. The molecule has 4 fully saturated rings. The molecule has 2 bridgehead atoms. The van der Waals surface area contributed by atoms with Crippen LogP contribution in [0.25, 0.3) is 0 Å². The molecule has 10 nitrogen and oxygen atoms in total. The normalized spacial score (nSPS) is 31.4. The van der Waals surface area contributed by atoms with Crippen LogP contribution in [0.5, 0.6) is 0 Å². The molecule has 1 spiro atoms. The Balaban J connectivity index is 1.65. The fourth-order valence-corrected chi connectivity index (χ4v) is 8.54. The predicted molar refractivity (Wildman–Crippen MR) is 165 cm³/mol. The summed E-state index contributed by atoms with van der Waals surface area (Å²) in [5.74, 6) is -3.33. The summed E-state index contributed by atoms with van der Waals surface area (Å²) in [4.78, 5) is 58.0. The third-order valence-electron chi connectivity index (χ3n) is 9.65. The van der Waals surface area contributed by atoms with Crippen LogP contribution in [0, 0.1) is 17.8 Å². The fourth-order valence-electron chi connectivity index (χ4n) is 7.60. The van der Waals surface area contributed by atoms with Gasteiger partial charge >= 0.3 is 5.97 Å². The van der Waals surface area contributed by atoms with E-state index >= 15 is 0 Å². The summed E-state index contributed by atoms with van der Waals surface area (Å²) >= 11 is 3.70. The number of aliphatic hydroxyl groups excluding tert-OH is 1. The molecule has 8 atom stereocenters. The molecule has 1 unspecified atom stereocenters. The van der Waals surface area contributed by atoms with Gasteiger partial charge in [-0.15, -0.1) is 13.2 Å². The number of aliphatic hydroxyl groups is 1. The van der Waals surface area contributed by atoms with Crippen molar-refractivity contribution in [2.24, 2.45) is 17.8 Å². The first-order valence-corrected chi connectivity index (χ1v) is 16.7. The van der Waals surface area contributed by atoms with Gasteiger partial charge in [0.2, 0.25) is 17.7 Å². The van der Waals surface area contributed by atoms with Gasteiger partial charge in [0.15, 0.2) is 0 Å². The molecule has 1 aliphatic carbocycles. The zero-order valence-corrected chi connectivity index (χ0v) is 27.3. The smallest absolute Gasteiger partial charge is 0.312 e. The van der Waals surface area contributed by atoms with Gasteiger partial charge in [-0.25, -0.2) is 0 Å². The summed E-state index contributed by atoms with van der Waals surface area (Å²) in [6.07, 6.45) is 8.26. The zero-order valence-electron chi connectivity index (χ0n) is 25.7. The molecule has 0 aromatic rings. The molecule has 2 N–H and O–H groups in total. The highest BCUT2D eigenvalue weighted by Gasteiger charge is 2.77. The van der Waals surface area contributed by atoms with Crippen molar-refractivity contribution < 1.29 is 33.8 Å².